The second-order valence-electron chi connectivity index (χ2n) is 23.0. The molecule has 8 aliphatic rings. The van der Waals surface area contributed by atoms with E-state index < -0.39 is 122 Å². The van der Waals surface area contributed by atoms with Crippen molar-refractivity contribution in [3.63, 3.8) is 0 Å². The molecule has 22 atom stereocenters. The van der Waals surface area contributed by atoms with Crippen molar-refractivity contribution in [3.05, 3.63) is 11.6 Å². The maximum Gasteiger partial charge on any atom is 0.315 e. The standard InChI is InChI=1S/C47H76O17/c1-42(2)14-16-47(41(58)64-39-36(57)33(54)31(52)25(19-48)60-39)17-15-45(6)22(23(47)18-42)8-9-28-44(5)12-11-29(43(3,4)27(44)10-13-46(28,45)7)62-40-37(34(55)32(53)26(20-49)61-40)63-38-35(56)30(51)24(50)21-59-38/h8,23-40,48-57H,9-21H2,1-7H3/t23-,24-,25+,26+,27-,28+,29-,30-,31+,32-,33-,34-,35+,36+,37+,38-,39-,40-,44-,45+,46+,47-/m0/s1. The van der Waals surface area contributed by atoms with Crippen LogP contribution in [0.3, 0.4) is 0 Å². The summed E-state index contributed by atoms with van der Waals surface area (Å²) in [6.45, 7) is 14.6. The molecule has 64 heavy (non-hydrogen) atoms. The highest BCUT2D eigenvalue weighted by Gasteiger charge is 2.70. The van der Waals surface area contributed by atoms with Gasteiger partial charge in [0.15, 0.2) is 12.6 Å². The van der Waals surface area contributed by atoms with Gasteiger partial charge in [-0.25, -0.2) is 0 Å². The van der Waals surface area contributed by atoms with Gasteiger partial charge in [0.2, 0.25) is 6.29 Å². The number of rotatable bonds is 8. The number of esters is 1. The fourth-order valence-electron chi connectivity index (χ4n) is 14.7. The monoisotopic (exact) mass is 913 g/mol. The Bertz CT molecular complexity index is 1740. The van der Waals surface area contributed by atoms with Crippen LogP contribution in [0.25, 0.3) is 0 Å². The number of ether oxygens (including phenoxy) is 6. The van der Waals surface area contributed by atoms with Crippen LogP contribution in [0.2, 0.25) is 0 Å². The lowest BCUT2D eigenvalue weighted by Crippen LogP contribution is -2.66. The van der Waals surface area contributed by atoms with E-state index in [4.69, 9.17) is 28.4 Å². The fraction of sp³-hybridized carbons (Fsp3) is 0.936. The number of fused-ring (bicyclic) bond motifs is 7. The summed E-state index contributed by atoms with van der Waals surface area (Å²) in [4.78, 5) is 14.7. The molecule has 4 saturated carbocycles. The molecule has 0 bridgehead atoms. The van der Waals surface area contributed by atoms with Gasteiger partial charge >= 0.3 is 5.97 Å². The first-order chi connectivity index (χ1) is 29.9. The van der Waals surface area contributed by atoms with E-state index in [1.54, 1.807) is 0 Å². The van der Waals surface area contributed by atoms with Crippen LogP contribution in [0, 0.1) is 50.2 Å². The van der Waals surface area contributed by atoms with Crippen molar-refractivity contribution in [3.8, 4) is 0 Å². The minimum absolute atomic E-state index is 0.0507. The van der Waals surface area contributed by atoms with E-state index in [2.05, 4.69) is 54.5 Å². The predicted molar refractivity (Wildman–Crippen MR) is 224 cm³/mol. The molecule has 3 aliphatic heterocycles. The molecule has 10 N–H and O–H groups in total. The van der Waals surface area contributed by atoms with Gasteiger partial charge in [0, 0.05) is 0 Å². The van der Waals surface area contributed by atoms with Crippen LogP contribution in [-0.2, 0) is 33.2 Å². The number of carbonyl (C=O) groups is 1. The molecule has 5 aliphatic carbocycles. The van der Waals surface area contributed by atoms with Crippen molar-refractivity contribution in [2.75, 3.05) is 19.8 Å². The molecule has 17 heteroatoms. The number of carbonyl (C=O) groups excluding carboxylic acids is 1. The molecular formula is C47H76O17. The second kappa shape index (κ2) is 17.2. The first kappa shape index (κ1) is 49.0. The highest BCUT2D eigenvalue weighted by atomic mass is 16.8. The summed E-state index contributed by atoms with van der Waals surface area (Å²) < 4.78 is 36.0. The van der Waals surface area contributed by atoms with E-state index in [1.807, 2.05) is 0 Å². The third-order valence-corrected chi connectivity index (χ3v) is 18.9. The molecule has 0 aromatic rings. The molecule has 0 amide bonds. The lowest BCUT2D eigenvalue weighted by atomic mass is 9.33. The van der Waals surface area contributed by atoms with E-state index in [1.165, 1.54) is 5.57 Å². The first-order valence-electron chi connectivity index (χ1n) is 23.7. The Hall–Kier alpha value is -1.39. The SMILES string of the molecule is CC1(C)CC[C@]2(C(=O)O[C@@H]3O[C@H](CO)[C@@H](O)[C@H](O)[C@H]3O)CC[C@]3(C)C(=CC[C@@H]4[C@@]5(C)CC[C@H](O[C@@H]6O[C@H](CO)[C@H](O)[C@H](O)[C@H]6O[C@@H]6OC[C@H](O)[C@H](O)[C@H]6O)C(C)(C)[C@@H]5CC[C@]43C)[C@@H]2C1. The van der Waals surface area contributed by atoms with Crippen LogP contribution in [0.1, 0.15) is 113 Å². The summed E-state index contributed by atoms with van der Waals surface area (Å²) in [5, 5.41) is 105. The second-order valence-corrected chi connectivity index (χ2v) is 23.0. The lowest BCUT2D eigenvalue weighted by Gasteiger charge is -2.71. The average Bonchev–Trinajstić information content (AvgIpc) is 3.24. The molecule has 3 heterocycles. The predicted octanol–water partition coefficient (Wildman–Crippen LogP) is 0.780. The molecule has 0 spiro atoms. The van der Waals surface area contributed by atoms with Crippen LogP contribution in [0.15, 0.2) is 11.6 Å². The first-order valence-corrected chi connectivity index (χ1v) is 23.7. The zero-order chi connectivity index (χ0) is 46.7. The van der Waals surface area contributed by atoms with Crippen LogP contribution < -0.4 is 0 Å². The normalized spacial score (nSPS) is 53.4. The zero-order valence-corrected chi connectivity index (χ0v) is 38.5. The molecule has 366 valence electrons. The number of hydrogen-bond acceptors (Lipinski definition) is 17. The third kappa shape index (κ3) is 7.58. The van der Waals surface area contributed by atoms with Crippen molar-refractivity contribution in [2.24, 2.45) is 50.2 Å². The van der Waals surface area contributed by atoms with Crippen molar-refractivity contribution < 1.29 is 84.3 Å². The minimum atomic E-state index is -1.68. The molecule has 0 unspecified atom stereocenters. The fourth-order valence-corrected chi connectivity index (χ4v) is 14.7. The molecule has 0 aromatic heterocycles. The van der Waals surface area contributed by atoms with Crippen molar-refractivity contribution in [2.45, 2.75) is 205 Å². The number of allylic oxidation sites excluding steroid dienone is 2. The Morgan fingerprint density at radius 3 is 1.97 bits per heavy atom. The Morgan fingerprint density at radius 1 is 0.672 bits per heavy atom. The van der Waals surface area contributed by atoms with Crippen LogP contribution >= 0.6 is 0 Å². The summed E-state index contributed by atoms with van der Waals surface area (Å²) in [5.74, 6) is -0.147. The third-order valence-electron chi connectivity index (χ3n) is 18.9. The molecule has 7 fully saturated rings. The van der Waals surface area contributed by atoms with Gasteiger partial charge in [0.1, 0.15) is 67.1 Å². The molecule has 0 radical (unpaired) electrons. The van der Waals surface area contributed by atoms with Crippen molar-refractivity contribution in [1.29, 1.82) is 0 Å². The Kier molecular flexibility index (Phi) is 13.2. The molecule has 17 nitrogen and oxygen atoms in total. The van der Waals surface area contributed by atoms with E-state index in [9.17, 15) is 55.9 Å². The number of hydrogen-bond donors (Lipinski definition) is 10. The Labute approximate surface area is 376 Å². The van der Waals surface area contributed by atoms with Gasteiger partial charge in [-0.15, -0.1) is 0 Å². The largest absolute Gasteiger partial charge is 0.432 e. The molecular weight excluding hydrogens is 836 g/mol. The van der Waals surface area contributed by atoms with E-state index in [0.717, 1.165) is 44.9 Å². The van der Waals surface area contributed by atoms with Gasteiger partial charge in [0.05, 0.1) is 31.3 Å². The maximum absolute atomic E-state index is 14.7. The van der Waals surface area contributed by atoms with Crippen LogP contribution in [-0.4, -0.2) is 169 Å². The molecule has 8 rings (SSSR count). The average molecular weight is 913 g/mol. The maximum atomic E-state index is 14.7. The Morgan fingerprint density at radius 2 is 1.30 bits per heavy atom. The van der Waals surface area contributed by atoms with Gasteiger partial charge < -0.3 is 79.5 Å². The van der Waals surface area contributed by atoms with E-state index >= 15 is 0 Å². The van der Waals surface area contributed by atoms with Gasteiger partial charge in [-0.2, -0.15) is 0 Å². The minimum Gasteiger partial charge on any atom is -0.432 e. The molecule has 3 saturated heterocycles. The number of aliphatic hydroxyl groups is 10. The van der Waals surface area contributed by atoms with E-state index in [0.29, 0.717) is 19.3 Å². The van der Waals surface area contributed by atoms with Crippen LogP contribution in [0.4, 0.5) is 0 Å². The lowest BCUT2D eigenvalue weighted by molar-refractivity contribution is -0.370. The van der Waals surface area contributed by atoms with Crippen molar-refractivity contribution >= 4 is 5.97 Å². The van der Waals surface area contributed by atoms with Gasteiger partial charge in [-0.05, 0) is 109 Å². The van der Waals surface area contributed by atoms with Gasteiger partial charge in [-0.1, -0.05) is 60.1 Å². The Balaban J connectivity index is 1.04. The smallest absolute Gasteiger partial charge is 0.315 e. The number of aliphatic hydroxyl groups excluding tert-OH is 10. The summed E-state index contributed by atoms with van der Waals surface area (Å²) in [6, 6.07) is 0. The molecule has 0 aromatic carbocycles. The quantitative estimate of drug-likeness (QED) is 0.0916. The summed E-state index contributed by atoms with van der Waals surface area (Å²) in [5.41, 5.74) is -0.599. The topological polar surface area (TPSA) is 275 Å². The van der Waals surface area contributed by atoms with Crippen LogP contribution in [0.5, 0.6) is 0 Å². The van der Waals surface area contributed by atoms with E-state index in [-0.39, 0.29) is 46.0 Å². The zero-order valence-electron chi connectivity index (χ0n) is 38.5. The summed E-state index contributed by atoms with van der Waals surface area (Å²) >= 11 is 0. The highest BCUT2D eigenvalue weighted by Crippen LogP contribution is 2.76. The summed E-state index contributed by atoms with van der Waals surface area (Å²) in [7, 11) is 0. The van der Waals surface area contributed by atoms with Crippen molar-refractivity contribution in [1.82, 2.24) is 0 Å². The van der Waals surface area contributed by atoms with Gasteiger partial charge in [-0.3, -0.25) is 4.79 Å². The highest BCUT2D eigenvalue weighted by molar-refractivity contribution is 5.79. The van der Waals surface area contributed by atoms with Gasteiger partial charge in [0.25, 0.3) is 0 Å². The summed E-state index contributed by atoms with van der Waals surface area (Å²) in [6.07, 6.45) is -11.1.